The van der Waals surface area contributed by atoms with Gasteiger partial charge in [0, 0.05) is 32.9 Å². The SMILES string of the molecule is CC1(C)c2ccc(-c3cccc4c5cc6ccccc6cc5n(-c5nc(-c6ccccc6)nc(-c6ccc(-c7ccccc7)cc6)n5)c34)cc2-c2c1ccc1ccccc21. The summed E-state index contributed by atoms with van der Waals surface area (Å²) in [6.45, 7) is 4.71. The van der Waals surface area contributed by atoms with E-state index in [9.17, 15) is 0 Å². The van der Waals surface area contributed by atoms with Crippen molar-refractivity contribution in [3.8, 4) is 62.1 Å². The first-order chi connectivity index (χ1) is 29.5. The van der Waals surface area contributed by atoms with Crippen molar-refractivity contribution in [1.29, 1.82) is 0 Å². The summed E-state index contributed by atoms with van der Waals surface area (Å²) in [6, 6.07) is 69.6. The van der Waals surface area contributed by atoms with Gasteiger partial charge in [-0.1, -0.05) is 190 Å². The molecule has 1 aliphatic rings. The van der Waals surface area contributed by atoms with Crippen molar-refractivity contribution in [3.63, 3.8) is 0 Å². The molecule has 0 unspecified atom stereocenters. The third kappa shape index (κ3) is 5.27. The summed E-state index contributed by atoms with van der Waals surface area (Å²) in [6.07, 6.45) is 0. The molecule has 9 aromatic carbocycles. The molecule has 12 rings (SSSR count). The van der Waals surface area contributed by atoms with Gasteiger partial charge >= 0.3 is 0 Å². The van der Waals surface area contributed by atoms with E-state index in [1.165, 1.54) is 44.0 Å². The minimum absolute atomic E-state index is 0.122. The molecule has 2 aromatic heterocycles. The van der Waals surface area contributed by atoms with E-state index >= 15 is 0 Å². The molecule has 282 valence electrons. The Balaban J connectivity index is 1.13. The van der Waals surface area contributed by atoms with E-state index in [2.05, 4.69) is 188 Å². The van der Waals surface area contributed by atoms with Crippen LogP contribution >= 0.6 is 0 Å². The number of rotatable bonds is 5. The molecule has 0 atom stereocenters. The van der Waals surface area contributed by atoms with Gasteiger partial charge in [0.05, 0.1) is 11.0 Å². The number of hydrogen-bond acceptors (Lipinski definition) is 3. The lowest BCUT2D eigenvalue weighted by atomic mass is 9.82. The maximum absolute atomic E-state index is 5.37. The first-order valence-corrected chi connectivity index (χ1v) is 20.6. The molecule has 0 saturated heterocycles. The third-order valence-corrected chi connectivity index (χ3v) is 12.6. The Morgan fingerprint density at radius 3 is 1.70 bits per heavy atom. The lowest BCUT2D eigenvalue weighted by Crippen LogP contribution is -2.14. The molecule has 60 heavy (non-hydrogen) atoms. The average molecular weight is 767 g/mol. The molecule has 0 radical (unpaired) electrons. The Morgan fingerprint density at radius 1 is 0.383 bits per heavy atom. The van der Waals surface area contributed by atoms with Crippen LogP contribution in [0.5, 0.6) is 0 Å². The molecule has 0 fully saturated rings. The van der Waals surface area contributed by atoms with E-state index in [0.717, 1.165) is 55.0 Å². The highest BCUT2D eigenvalue weighted by Crippen LogP contribution is 2.52. The van der Waals surface area contributed by atoms with Crippen LogP contribution < -0.4 is 0 Å². The molecule has 0 spiro atoms. The highest BCUT2D eigenvalue weighted by Gasteiger charge is 2.36. The Hall–Kier alpha value is -7.69. The zero-order chi connectivity index (χ0) is 40.0. The van der Waals surface area contributed by atoms with Gasteiger partial charge in [-0.05, 0) is 78.7 Å². The topological polar surface area (TPSA) is 43.6 Å². The average Bonchev–Trinajstić information content (AvgIpc) is 3.76. The zero-order valence-electron chi connectivity index (χ0n) is 33.3. The molecule has 1 aliphatic carbocycles. The van der Waals surface area contributed by atoms with Crippen LogP contribution in [0, 0.1) is 0 Å². The van der Waals surface area contributed by atoms with Gasteiger partial charge in [0.25, 0.3) is 0 Å². The number of fused-ring (bicyclic) bond motifs is 9. The highest BCUT2D eigenvalue weighted by molar-refractivity contribution is 6.17. The van der Waals surface area contributed by atoms with Crippen LogP contribution in [0.4, 0.5) is 0 Å². The number of nitrogens with zero attached hydrogens (tertiary/aromatic N) is 4. The second-order valence-corrected chi connectivity index (χ2v) is 16.4. The fourth-order valence-electron chi connectivity index (χ4n) is 9.64. The van der Waals surface area contributed by atoms with E-state index in [1.54, 1.807) is 0 Å². The van der Waals surface area contributed by atoms with Crippen LogP contribution in [0.3, 0.4) is 0 Å². The summed E-state index contributed by atoms with van der Waals surface area (Å²) >= 11 is 0. The molecule has 0 saturated carbocycles. The standard InChI is InChI=1S/C56H38N4/c1-56(2)48-30-29-42(33-47(48)51-43-21-12-11-16-37(43)28-31-49(51)56)44-22-13-23-45-46-32-40-19-9-10-20-41(40)34-50(46)60(52(44)45)55-58-53(38-17-7-4-8-18-38)57-54(59-55)39-26-24-36(25-27-39)35-14-5-3-6-15-35/h3-34H,1-2H3. The van der Waals surface area contributed by atoms with Crippen molar-refractivity contribution >= 4 is 43.4 Å². The molecule has 0 aliphatic heterocycles. The molecule has 4 heteroatoms. The summed E-state index contributed by atoms with van der Waals surface area (Å²) < 4.78 is 2.28. The molecule has 4 nitrogen and oxygen atoms in total. The lowest BCUT2D eigenvalue weighted by Gasteiger charge is -2.21. The van der Waals surface area contributed by atoms with E-state index in [0.29, 0.717) is 17.6 Å². The highest BCUT2D eigenvalue weighted by atomic mass is 15.2. The van der Waals surface area contributed by atoms with Crippen molar-refractivity contribution < 1.29 is 0 Å². The predicted octanol–water partition coefficient (Wildman–Crippen LogP) is 14.2. The third-order valence-electron chi connectivity index (χ3n) is 12.6. The van der Waals surface area contributed by atoms with Crippen LogP contribution in [-0.4, -0.2) is 19.5 Å². The Morgan fingerprint density at radius 2 is 0.950 bits per heavy atom. The van der Waals surface area contributed by atoms with Crippen LogP contribution in [-0.2, 0) is 5.41 Å². The fourth-order valence-corrected chi connectivity index (χ4v) is 9.64. The molecular formula is C56H38N4. The summed E-state index contributed by atoms with van der Waals surface area (Å²) in [7, 11) is 0. The van der Waals surface area contributed by atoms with Crippen molar-refractivity contribution in [2.75, 3.05) is 0 Å². The van der Waals surface area contributed by atoms with E-state index in [1.807, 2.05) is 24.3 Å². The van der Waals surface area contributed by atoms with Crippen LogP contribution in [0.25, 0.3) is 105 Å². The Labute approximate surface area is 348 Å². The quantitative estimate of drug-likeness (QED) is 0.175. The summed E-state index contributed by atoms with van der Waals surface area (Å²) in [5.41, 5.74) is 13.8. The van der Waals surface area contributed by atoms with Gasteiger partial charge in [0.1, 0.15) is 0 Å². The molecule has 0 amide bonds. The monoisotopic (exact) mass is 766 g/mol. The van der Waals surface area contributed by atoms with Gasteiger partial charge < -0.3 is 0 Å². The molecule has 2 heterocycles. The number of benzene rings is 9. The van der Waals surface area contributed by atoms with Gasteiger partial charge in [-0.25, -0.2) is 4.98 Å². The molecular weight excluding hydrogens is 729 g/mol. The minimum atomic E-state index is -0.122. The van der Waals surface area contributed by atoms with Crippen molar-refractivity contribution in [1.82, 2.24) is 19.5 Å². The van der Waals surface area contributed by atoms with Gasteiger partial charge in [-0.3, -0.25) is 4.57 Å². The van der Waals surface area contributed by atoms with Gasteiger partial charge in [-0.15, -0.1) is 0 Å². The maximum atomic E-state index is 5.37. The Bertz CT molecular complexity index is 3490. The van der Waals surface area contributed by atoms with E-state index < -0.39 is 0 Å². The fraction of sp³-hybridized carbons (Fsp3) is 0.0536. The smallest absolute Gasteiger partial charge is 0.238 e. The molecule has 11 aromatic rings. The number of para-hydroxylation sites is 1. The molecule has 0 bridgehead atoms. The van der Waals surface area contributed by atoms with Crippen molar-refractivity contribution in [2.24, 2.45) is 0 Å². The lowest BCUT2D eigenvalue weighted by molar-refractivity contribution is 0.661. The van der Waals surface area contributed by atoms with Gasteiger partial charge in [0.15, 0.2) is 11.6 Å². The normalized spacial score (nSPS) is 13.0. The predicted molar refractivity (Wildman–Crippen MR) is 248 cm³/mol. The van der Waals surface area contributed by atoms with Gasteiger partial charge in [0.2, 0.25) is 5.95 Å². The zero-order valence-corrected chi connectivity index (χ0v) is 33.3. The van der Waals surface area contributed by atoms with E-state index in [-0.39, 0.29) is 5.41 Å². The second-order valence-electron chi connectivity index (χ2n) is 16.4. The Kier molecular flexibility index (Phi) is 7.54. The maximum Gasteiger partial charge on any atom is 0.238 e. The first kappa shape index (κ1) is 34.4. The molecule has 0 N–H and O–H groups in total. The van der Waals surface area contributed by atoms with Gasteiger partial charge in [-0.2, -0.15) is 9.97 Å². The van der Waals surface area contributed by atoms with Crippen LogP contribution in [0.15, 0.2) is 194 Å². The largest absolute Gasteiger partial charge is 0.277 e. The van der Waals surface area contributed by atoms with Crippen LogP contribution in [0.2, 0.25) is 0 Å². The minimum Gasteiger partial charge on any atom is -0.277 e. The second kappa shape index (κ2) is 13.2. The van der Waals surface area contributed by atoms with E-state index in [4.69, 9.17) is 15.0 Å². The number of hydrogen-bond donors (Lipinski definition) is 0. The van der Waals surface area contributed by atoms with Crippen molar-refractivity contribution in [3.05, 3.63) is 205 Å². The number of aromatic nitrogens is 4. The summed E-state index contributed by atoms with van der Waals surface area (Å²) in [5, 5.41) is 7.20. The van der Waals surface area contributed by atoms with Crippen LogP contribution in [0.1, 0.15) is 25.0 Å². The summed E-state index contributed by atoms with van der Waals surface area (Å²) in [5.74, 6) is 1.82. The first-order valence-electron chi connectivity index (χ1n) is 20.6. The van der Waals surface area contributed by atoms with Crippen molar-refractivity contribution in [2.45, 2.75) is 19.3 Å². The summed E-state index contributed by atoms with van der Waals surface area (Å²) in [4.78, 5) is 15.8.